The third-order valence-corrected chi connectivity index (χ3v) is 3.85. The summed E-state index contributed by atoms with van der Waals surface area (Å²) in [6.45, 7) is 0. The van der Waals surface area contributed by atoms with E-state index in [2.05, 4.69) is 10.3 Å². The fourth-order valence-electron chi connectivity index (χ4n) is 1.74. The minimum absolute atomic E-state index is 0.0191. The van der Waals surface area contributed by atoms with Crippen LogP contribution in [0, 0.1) is 10.1 Å². The van der Waals surface area contributed by atoms with Gasteiger partial charge in [-0.1, -0.05) is 0 Å². The molecule has 0 bridgehead atoms. The van der Waals surface area contributed by atoms with E-state index in [9.17, 15) is 28.1 Å². The van der Waals surface area contributed by atoms with Crippen LogP contribution in [-0.4, -0.2) is 21.6 Å². The molecule has 0 aliphatic rings. The number of nitro benzene ring substituents is 1. The van der Waals surface area contributed by atoms with E-state index in [0.717, 1.165) is 23.9 Å². The molecule has 6 nitrogen and oxygen atoms in total. The van der Waals surface area contributed by atoms with Gasteiger partial charge in [0.25, 0.3) is 5.69 Å². The van der Waals surface area contributed by atoms with Crippen molar-refractivity contribution in [3.63, 3.8) is 0 Å². The molecule has 126 valence electrons. The minimum Gasteiger partial charge on any atom is -0.324 e. The summed E-state index contributed by atoms with van der Waals surface area (Å²) in [5.74, 6) is -0.650. The maximum absolute atomic E-state index is 12.6. The summed E-state index contributed by atoms with van der Waals surface area (Å²) in [6.07, 6.45) is -1.73. The lowest BCUT2D eigenvalue weighted by Gasteiger charge is -2.09. The Hall–Kier alpha value is -2.62. The number of amides is 1. The Balaban J connectivity index is 2.09. The summed E-state index contributed by atoms with van der Waals surface area (Å²) >= 11 is 0.781. The maximum atomic E-state index is 12.6. The molecule has 1 N–H and O–H groups in total. The van der Waals surface area contributed by atoms with E-state index >= 15 is 0 Å². The molecule has 0 fully saturated rings. The summed E-state index contributed by atoms with van der Waals surface area (Å²) in [5.41, 5.74) is -1.35. The molecular formula is C14H10F3N3O3S. The predicted molar refractivity (Wildman–Crippen MR) is 81.7 cm³/mol. The number of carbonyl (C=O) groups is 1. The van der Waals surface area contributed by atoms with Crippen LogP contribution in [0.5, 0.6) is 0 Å². The highest BCUT2D eigenvalue weighted by atomic mass is 32.2. The molecule has 0 spiro atoms. The number of aromatic nitrogens is 1. The molecule has 2 aromatic rings. The number of nitrogens with one attached hydrogen (secondary N) is 1. The van der Waals surface area contributed by atoms with E-state index in [1.807, 2.05) is 0 Å². The molecule has 1 heterocycles. The number of pyridine rings is 1. The van der Waals surface area contributed by atoms with Crippen molar-refractivity contribution in [1.29, 1.82) is 0 Å². The van der Waals surface area contributed by atoms with Crippen molar-refractivity contribution in [3.8, 4) is 0 Å². The molecule has 24 heavy (non-hydrogen) atoms. The summed E-state index contributed by atoms with van der Waals surface area (Å²) in [6, 6.07) is 5.41. The monoisotopic (exact) mass is 357 g/mol. The molecule has 0 saturated carbocycles. The molecule has 0 saturated heterocycles. The van der Waals surface area contributed by atoms with E-state index in [0.29, 0.717) is 11.8 Å². The first-order valence-electron chi connectivity index (χ1n) is 6.45. The number of nitrogens with zero attached hydrogens (tertiary/aromatic N) is 2. The average molecular weight is 357 g/mol. The smallest absolute Gasteiger partial charge is 0.324 e. The lowest BCUT2D eigenvalue weighted by Crippen LogP contribution is -2.14. The molecule has 2 rings (SSSR count). The first-order chi connectivity index (χ1) is 11.3. The number of hydrogen-bond acceptors (Lipinski definition) is 5. The van der Waals surface area contributed by atoms with Gasteiger partial charge in [0.05, 0.1) is 33.0 Å². The number of halogens is 3. The Morgan fingerprint density at radius 2 is 2.08 bits per heavy atom. The molecule has 0 aliphatic carbocycles. The topological polar surface area (TPSA) is 85.1 Å². The Morgan fingerprint density at radius 3 is 2.67 bits per heavy atom. The minimum atomic E-state index is -4.67. The number of alkyl halides is 3. The summed E-state index contributed by atoms with van der Waals surface area (Å²) in [7, 11) is 0. The molecule has 0 atom stereocenters. The van der Waals surface area contributed by atoms with E-state index in [4.69, 9.17) is 0 Å². The molecule has 1 aromatic carbocycles. The van der Waals surface area contributed by atoms with Gasteiger partial charge in [-0.05, 0) is 24.3 Å². The Labute approximate surface area is 138 Å². The van der Waals surface area contributed by atoms with Crippen molar-refractivity contribution >= 4 is 29.0 Å². The number of rotatable bonds is 5. The largest absolute Gasteiger partial charge is 0.416 e. The van der Waals surface area contributed by atoms with Gasteiger partial charge in [0.15, 0.2) is 0 Å². The maximum Gasteiger partial charge on any atom is 0.416 e. The Morgan fingerprint density at radius 1 is 1.33 bits per heavy atom. The van der Waals surface area contributed by atoms with Gasteiger partial charge in [-0.3, -0.25) is 19.9 Å². The molecule has 0 unspecified atom stereocenters. The summed E-state index contributed by atoms with van der Waals surface area (Å²) < 4.78 is 37.9. The van der Waals surface area contributed by atoms with Crippen LogP contribution in [0.2, 0.25) is 0 Å². The van der Waals surface area contributed by atoms with Gasteiger partial charge < -0.3 is 5.32 Å². The molecule has 10 heteroatoms. The third kappa shape index (κ3) is 4.69. The van der Waals surface area contributed by atoms with Crippen LogP contribution in [0.4, 0.5) is 24.5 Å². The standard InChI is InChI=1S/C14H10F3N3O3S/c15-14(16,17)9-3-4-12(11(6-9)20(22)23)24-8-13(21)19-10-2-1-5-18-7-10/h1-7H,8H2,(H,19,21). The van der Waals surface area contributed by atoms with Crippen molar-refractivity contribution in [1.82, 2.24) is 4.98 Å². The summed E-state index contributed by atoms with van der Waals surface area (Å²) in [5, 5.41) is 13.5. The first-order valence-corrected chi connectivity index (χ1v) is 7.44. The average Bonchev–Trinajstić information content (AvgIpc) is 2.52. The van der Waals surface area contributed by atoms with Gasteiger partial charge in [-0.2, -0.15) is 13.2 Å². The van der Waals surface area contributed by atoms with E-state index in [-0.39, 0.29) is 10.6 Å². The highest BCUT2D eigenvalue weighted by Gasteiger charge is 2.33. The normalized spacial score (nSPS) is 11.1. The number of carbonyl (C=O) groups excluding carboxylic acids is 1. The van der Waals surface area contributed by atoms with Crippen molar-refractivity contribution < 1.29 is 22.9 Å². The van der Waals surface area contributed by atoms with Crippen molar-refractivity contribution in [2.75, 3.05) is 11.1 Å². The van der Waals surface area contributed by atoms with E-state index < -0.39 is 28.3 Å². The lowest BCUT2D eigenvalue weighted by molar-refractivity contribution is -0.388. The molecule has 1 amide bonds. The van der Waals surface area contributed by atoms with Crippen molar-refractivity contribution in [3.05, 3.63) is 58.4 Å². The summed E-state index contributed by atoms with van der Waals surface area (Å²) in [4.78, 5) is 25.6. The number of nitro groups is 1. The zero-order valence-corrected chi connectivity index (χ0v) is 12.7. The zero-order valence-electron chi connectivity index (χ0n) is 11.9. The van der Waals surface area contributed by atoms with Gasteiger partial charge in [-0.15, -0.1) is 11.8 Å². The number of hydrogen-bond donors (Lipinski definition) is 1. The van der Waals surface area contributed by atoms with Crippen LogP contribution in [0.1, 0.15) is 5.56 Å². The first kappa shape index (κ1) is 17.7. The Bertz CT molecular complexity index is 754. The second kappa shape index (κ2) is 7.30. The van der Waals surface area contributed by atoms with Gasteiger partial charge in [0, 0.05) is 12.3 Å². The van der Waals surface area contributed by atoms with E-state index in [1.165, 1.54) is 12.4 Å². The van der Waals surface area contributed by atoms with Gasteiger partial charge in [0.1, 0.15) is 0 Å². The van der Waals surface area contributed by atoms with Gasteiger partial charge in [-0.25, -0.2) is 0 Å². The molecular weight excluding hydrogens is 347 g/mol. The van der Waals surface area contributed by atoms with Gasteiger partial charge >= 0.3 is 6.18 Å². The van der Waals surface area contributed by atoms with Crippen molar-refractivity contribution in [2.45, 2.75) is 11.1 Å². The second-order valence-corrected chi connectivity index (χ2v) is 5.53. The van der Waals surface area contributed by atoms with Crippen LogP contribution in [0.3, 0.4) is 0 Å². The second-order valence-electron chi connectivity index (χ2n) is 4.52. The highest BCUT2D eigenvalue weighted by Crippen LogP contribution is 2.36. The molecule has 0 aliphatic heterocycles. The van der Waals surface area contributed by atoms with Crippen LogP contribution < -0.4 is 5.32 Å². The van der Waals surface area contributed by atoms with E-state index in [1.54, 1.807) is 12.1 Å². The van der Waals surface area contributed by atoms with Crippen LogP contribution in [0.15, 0.2) is 47.6 Å². The lowest BCUT2D eigenvalue weighted by atomic mass is 10.2. The number of benzene rings is 1. The quantitative estimate of drug-likeness (QED) is 0.501. The zero-order chi connectivity index (χ0) is 17.7. The predicted octanol–water partition coefficient (Wildman–Crippen LogP) is 3.74. The molecule has 1 aromatic heterocycles. The van der Waals surface area contributed by atoms with Crippen LogP contribution in [-0.2, 0) is 11.0 Å². The molecule has 0 radical (unpaired) electrons. The number of anilines is 1. The van der Waals surface area contributed by atoms with Crippen LogP contribution in [0.25, 0.3) is 0 Å². The SMILES string of the molecule is O=C(CSc1ccc(C(F)(F)F)cc1[N+](=O)[O-])Nc1cccnc1. The van der Waals surface area contributed by atoms with Crippen molar-refractivity contribution in [2.24, 2.45) is 0 Å². The Kier molecular flexibility index (Phi) is 5.39. The third-order valence-electron chi connectivity index (χ3n) is 2.79. The highest BCUT2D eigenvalue weighted by molar-refractivity contribution is 8.00. The fourth-order valence-corrected chi connectivity index (χ4v) is 2.54. The van der Waals surface area contributed by atoms with Crippen LogP contribution >= 0.6 is 11.8 Å². The van der Waals surface area contributed by atoms with Gasteiger partial charge in [0.2, 0.25) is 5.91 Å². The fraction of sp³-hybridized carbons (Fsp3) is 0.143. The number of thioether (sulfide) groups is 1.